The van der Waals surface area contributed by atoms with E-state index in [0.717, 1.165) is 5.56 Å². The lowest BCUT2D eigenvalue weighted by Gasteiger charge is -2.22. The maximum Gasteiger partial charge on any atom is 0.337 e. The van der Waals surface area contributed by atoms with Gasteiger partial charge in [0.15, 0.2) is 0 Å². The molecule has 3 nitrogen and oxygen atoms in total. The van der Waals surface area contributed by atoms with Crippen molar-refractivity contribution >= 4 is 5.97 Å². The molecule has 0 fully saturated rings. The van der Waals surface area contributed by atoms with E-state index < -0.39 is 6.29 Å². The van der Waals surface area contributed by atoms with Crippen molar-refractivity contribution in [2.75, 3.05) is 0 Å². The average molecular weight is 190 g/mol. The normalized spacial score (nSPS) is 20.8. The zero-order valence-electron chi connectivity index (χ0n) is 7.77. The lowest BCUT2D eigenvalue weighted by Crippen LogP contribution is -2.17. The number of allylic oxidation sites excluding steroid dienone is 1. The van der Waals surface area contributed by atoms with Gasteiger partial charge >= 0.3 is 5.97 Å². The fourth-order valence-electron chi connectivity index (χ4n) is 1.28. The van der Waals surface area contributed by atoms with E-state index in [9.17, 15) is 4.79 Å². The van der Waals surface area contributed by atoms with Gasteiger partial charge in [-0.15, -0.1) is 0 Å². The summed E-state index contributed by atoms with van der Waals surface area (Å²) < 4.78 is 10.4. The Balaban J connectivity index is 2.22. The fraction of sp³-hybridized carbons (Fsp3) is 0.182. The summed E-state index contributed by atoms with van der Waals surface area (Å²) in [5, 5.41) is 0. The Morgan fingerprint density at radius 1 is 1.14 bits per heavy atom. The van der Waals surface area contributed by atoms with Crippen LogP contribution in [0, 0.1) is 0 Å². The fourth-order valence-corrected chi connectivity index (χ4v) is 1.28. The Morgan fingerprint density at radius 3 is 2.50 bits per heavy atom. The van der Waals surface area contributed by atoms with Crippen LogP contribution in [0.15, 0.2) is 42.2 Å². The number of ether oxygens (including phenoxy) is 2. The molecule has 1 aliphatic heterocycles. The van der Waals surface area contributed by atoms with Gasteiger partial charge in [-0.2, -0.15) is 0 Å². The first-order valence-corrected chi connectivity index (χ1v) is 4.36. The summed E-state index contributed by atoms with van der Waals surface area (Å²) in [5.41, 5.74) is 0.841. The van der Waals surface area contributed by atoms with E-state index in [-0.39, 0.29) is 5.97 Å². The monoisotopic (exact) mass is 190 g/mol. The van der Waals surface area contributed by atoms with Gasteiger partial charge in [-0.1, -0.05) is 30.3 Å². The van der Waals surface area contributed by atoms with Gasteiger partial charge in [0.05, 0.1) is 6.08 Å². The Labute approximate surface area is 81.9 Å². The summed E-state index contributed by atoms with van der Waals surface area (Å²) in [7, 11) is 0. The van der Waals surface area contributed by atoms with Crippen LogP contribution in [0.2, 0.25) is 0 Å². The minimum Gasteiger partial charge on any atom is -0.455 e. The van der Waals surface area contributed by atoms with Gasteiger partial charge in [-0.3, -0.25) is 0 Å². The summed E-state index contributed by atoms with van der Waals surface area (Å²) >= 11 is 0. The Morgan fingerprint density at radius 2 is 1.86 bits per heavy atom. The van der Waals surface area contributed by atoms with Crippen molar-refractivity contribution in [2.45, 2.75) is 13.2 Å². The number of carbonyl (C=O) groups excluding carboxylic acids is 1. The van der Waals surface area contributed by atoms with Gasteiger partial charge in [0.1, 0.15) is 5.76 Å². The molecule has 0 bridgehead atoms. The predicted molar refractivity (Wildman–Crippen MR) is 50.1 cm³/mol. The molecule has 1 heterocycles. The zero-order valence-corrected chi connectivity index (χ0v) is 7.77. The van der Waals surface area contributed by atoms with Crippen molar-refractivity contribution in [3.05, 3.63) is 47.7 Å². The molecular weight excluding hydrogens is 180 g/mol. The van der Waals surface area contributed by atoms with E-state index in [1.165, 1.54) is 6.08 Å². The molecule has 0 aromatic heterocycles. The second-order valence-corrected chi connectivity index (χ2v) is 3.05. The smallest absolute Gasteiger partial charge is 0.337 e. The highest BCUT2D eigenvalue weighted by Gasteiger charge is 2.21. The molecule has 0 spiro atoms. The number of rotatable bonds is 1. The lowest BCUT2D eigenvalue weighted by atomic mass is 10.2. The van der Waals surface area contributed by atoms with E-state index in [0.29, 0.717) is 5.76 Å². The van der Waals surface area contributed by atoms with Gasteiger partial charge in [0.2, 0.25) is 0 Å². The number of carbonyl (C=O) groups is 1. The first-order chi connectivity index (χ1) is 6.75. The Kier molecular flexibility index (Phi) is 2.23. The van der Waals surface area contributed by atoms with Crippen LogP contribution < -0.4 is 0 Å². The highest BCUT2D eigenvalue weighted by molar-refractivity contribution is 5.83. The van der Waals surface area contributed by atoms with Crippen molar-refractivity contribution in [1.82, 2.24) is 0 Å². The van der Waals surface area contributed by atoms with Crippen molar-refractivity contribution in [3.8, 4) is 0 Å². The Bertz CT molecular complexity index is 367. The highest BCUT2D eigenvalue weighted by atomic mass is 16.7. The second-order valence-electron chi connectivity index (χ2n) is 3.05. The minimum atomic E-state index is -0.603. The van der Waals surface area contributed by atoms with Crippen LogP contribution >= 0.6 is 0 Å². The predicted octanol–water partition coefficient (Wildman–Crippen LogP) is 2.16. The third-order valence-corrected chi connectivity index (χ3v) is 1.91. The zero-order chi connectivity index (χ0) is 9.97. The van der Waals surface area contributed by atoms with Crippen molar-refractivity contribution in [2.24, 2.45) is 0 Å². The molecular formula is C11H10O3. The Hall–Kier alpha value is -1.77. The third kappa shape index (κ3) is 1.76. The van der Waals surface area contributed by atoms with E-state index in [1.807, 2.05) is 30.3 Å². The van der Waals surface area contributed by atoms with Crippen LogP contribution in [0.4, 0.5) is 0 Å². The van der Waals surface area contributed by atoms with Gasteiger partial charge < -0.3 is 9.47 Å². The SMILES string of the molecule is CC1=CC(=O)OC(c2ccccc2)O1. The van der Waals surface area contributed by atoms with Crippen molar-refractivity contribution in [3.63, 3.8) is 0 Å². The number of benzene rings is 1. The van der Waals surface area contributed by atoms with Gasteiger partial charge in [-0.25, -0.2) is 4.79 Å². The summed E-state index contributed by atoms with van der Waals surface area (Å²) in [4.78, 5) is 11.1. The molecule has 0 N–H and O–H groups in total. The summed E-state index contributed by atoms with van der Waals surface area (Å²) in [6.07, 6.45) is 0.730. The molecule has 3 heteroatoms. The van der Waals surface area contributed by atoms with E-state index >= 15 is 0 Å². The lowest BCUT2D eigenvalue weighted by molar-refractivity contribution is -0.173. The quantitative estimate of drug-likeness (QED) is 0.636. The standard InChI is InChI=1S/C11H10O3/c1-8-7-10(12)14-11(13-8)9-5-3-2-4-6-9/h2-7,11H,1H3. The van der Waals surface area contributed by atoms with E-state index in [2.05, 4.69) is 0 Å². The second kappa shape index (κ2) is 3.54. The van der Waals surface area contributed by atoms with Gasteiger partial charge in [0, 0.05) is 5.56 Å². The maximum atomic E-state index is 11.1. The molecule has 0 amide bonds. The van der Waals surface area contributed by atoms with Crippen LogP contribution in [-0.4, -0.2) is 5.97 Å². The topological polar surface area (TPSA) is 35.5 Å². The molecule has 0 saturated carbocycles. The molecule has 1 unspecified atom stereocenters. The van der Waals surface area contributed by atoms with E-state index in [4.69, 9.17) is 9.47 Å². The van der Waals surface area contributed by atoms with Crippen LogP contribution in [-0.2, 0) is 14.3 Å². The number of esters is 1. The maximum absolute atomic E-state index is 11.1. The van der Waals surface area contributed by atoms with Gasteiger partial charge in [-0.05, 0) is 6.92 Å². The van der Waals surface area contributed by atoms with Gasteiger partial charge in [0.25, 0.3) is 6.29 Å². The number of cyclic esters (lactones) is 1. The summed E-state index contributed by atoms with van der Waals surface area (Å²) in [6.45, 7) is 1.73. The average Bonchev–Trinajstić information content (AvgIpc) is 2.18. The van der Waals surface area contributed by atoms with Crippen molar-refractivity contribution in [1.29, 1.82) is 0 Å². The highest BCUT2D eigenvalue weighted by Crippen LogP contribution is 2.25. The largest absolute Gasteiger partial charge is 0.455 e. The molecule has 0 aliphatic carbocycles. The van der Waals surface area contributed by atoms with Crippen molar-refractivity contribution < 1.29 is 14.3 Å². The molecule has 2 rings (SSSR count). The molecule has 1 atom stereocenters. The molecule has 0 radical (unpaired) electrons. The number of hydrogen-bond donors (Lipinski definition) is 0. The van der Waals surface area contributed by atoms with Crippen LogP contribution in [0.3, 0.4) is 0 Å². The van der Waals surface area contributed by atoms with Crippen LogP contribution in [0.25, 0.3) is 0 Å². The molecule has 1 aromatic carbocycles. The third-order valence-electron chi connectivity index (χ3n) is 1.91. The van der Waals surface area contributed by atoms with Crippen LogP contribution in [0.1, 0.15) is 18.8 Å². The minimum absolute atomic E-state index is 0.359. The van der Waals surface area contributed by atoms with E-state index in [1.54, 1.807) is 6.92 Å². The van der Waals surface area contributed by atoms with Crippen LogP contribution in [0.5, 0.6) is 0 Å². The first kappa shape index (κ1) is 8.81. The number of hydrogen-bond acceptors (Lipinski definition) is 3. The summed E-state index contributed by atoms with van der Waals surface area (Å²) in [5.74, 6) is 0.220. The first-order valence-electron chi connectivity index (χ1n) is 4.36. The molecule has 0 saturated heterocycles. The molecule has 14 heavy (non-hydrogen) atoms. The molecule has 1 aromatic rings. The summed E-state index contributed by atoms with van der Waals surface area (Å²) in [6, 6.07) is 9.37. The molecule has 72 valence electrons. The molecule has 1 aliphatic rings.